The van der Waals surface area contributed by atoms with Crippen LogP contribution in [0.15, 0.2) is 35.1 Å². The van der Waals surface area contributed by atoms with Crippen molar-refractivity contribution in [3.63, 3.8) is 0 Å². The number of hydrogen-bond donors (Lipinski definition) is 3. The second-order valence-electron chi connectivity index (χ2n) is 3.02. The van der Waals surface area contributed by atoms with Gasteiger partial charge in [0, 0.05) is 11.6 Å². The number of H-pyrrole nitrogens is 2. The number of aromatic amines is 2. The molecule has 5 heteroatoms. The van der Waals surface area contributed by atoms with E-state index in [1.165, 1.54) is 12.1 Å². The zero-order valence-electron chi connectivity index (χ0n) is 7.65. The predicted molar refractivity (Wildman–Crippen MR) is 53.8 cm³/mol. The Morgan fingerprint density at radius 2 is 1.93 bits per heavy atom. The first kappa shape index (κ1) is 9.26. The Balaban J connectivity index is 2.62. The van der Waals surface area contributed by atoms with Gasteiger partial charge in [-0.2, -0.15) is 0 Å². The van der Waals surface area contributed by atoms with E-state index in [9.17, 15) is 9.59 Å². The summed E-state index contributed by atoms with van der Waals surface area (Å²) in [4.78, 5) is 21.8. The summed E-state index contributed by atoms with van der Waals surface area (Å²) in [5.41, 5.74) is 0.833. The predicted octanol–water partition coefficient (Wildman–Crippen LogP) is 1.07. The van der Waals surface area contributed by atoms with Crippen LogP contribution in [0.1, 0.15) is 10.4 Å². The molecule has 0 atom stereocenters. The molecule has 0 fully saturated rings. The van der Waals surface area contributed by atoms with E-state index in [0.717, 1.165) is 0 Å². The van der Waals surface area contributed by atoms with Gasteiger partial charge in [0.05, 0.1) is 11.3 Å². The lowest BCUT2D eigenvalue weighted by Gasteiger charge is -2.01. The first-order valence-electron chi connectivity index (χ1n) is 4.29. The van der Waals surface area contributed by atoms with Gasteiger partial charge in [-0.3, -0.25) is 15.0 Å². The van der Waals surface area contributed by atoms with Crippen molar-refractivity contribution in [3.8, 4) is 11.3 Å². The second-order valence-corrected chi connectivity index (χ2v) is 3.02. The molecule has 5 nitrogen and oxygen atoms in total. The van der Waals surface area contributed by atoms with Crippen molar-refractivity contribution in [2.24, 2.45) is 0 Å². The van der Waals surface area contributed by atoms with E-state index >= 15 is 0 Å². The summed E-state index contributed by atoms with van der Waals surface area (Å²) in [5, 5.41) is 13.9. The van der Waals surface area contributed by atoms with E-state index in [2.05, 4.69) is 10.2 Å². The van der Waals surface area contributed by atoms with E-state index < -0.39 is 5.97 Å². The van der Waals surface area contributed by atoms with Gasteiger partial charge in [0.25, 0.3) is 5.56 Å². The van der Waals surface area contributed by atoms with Gasteiger partial charge >= 0.3 is 5.97 Å². The monoisotopic (exact) mass is 204 g/mol. The van der Waals surface area contributed by atoms with E-state index in [1.54, 1.807) is 18.2 Å². The van der Waals surface area contributed by atoms with E-state index in [-0.39, 0.29) is 11.1 Å². The van der Waals surface area contributed by atoms with Gasteiger partial charge < -0.3 is 5.11 Å². The molecule has 0 radical (unpaired) electrons. The molecule has 1 heterocycles. The Morgan fingerprint density at radius 1 is 1.20 bits per heavy atom. The highest BCUT2D eigenvalue weighted by molar-refractivity contribution is 5.95. The van der Waals surface area contributed by atoms with Crippen molar-refractivity contribution in [1.82, 2.24) is 10.2 Å². The largest absolute Gasteiger partial charge is 0.478 e. The Bertz CT molecular complexity index is 554. The Kier molecular flexibility index (Phi) is 2.13. The number of nitrogens with one attached hydrogen (secondary N) is 2. The highest BCUT2D eigenvalue weighted by Crippen LogP contribution is 2.19. The lowest BCUT2D eigenvalue weighted by molar-refractivity contribution is 0.0697. The highest BCUT2D eigenvalue weighted by Gasteiger charge is 2.11. The summed E-state index contributed by atoms with van der Waals surface area (Å²) in [6.45, 7) is 0. The number of hydrogen-bond acceptors (Lipinski definition) is 2. The van der Waals surface area contributed by atoms with Crippen molar-refractivity contribution in [3.05, 3.63) is 46.2 Å². The minimum atomic E-state index is -1.02. The highest BCUT2D eigenvalue weighted by atomic mass is 16.4. The lowest BCUT2D eigenvalue weighted by atomic mass is 10.1. The molecule has 0 amide bonds. The number of carboxylic acids is 1. The van der Waals surface area contributed by atoms with Crippen LogP contribution in [0.2, 0.25) is 0 Å². The third-order valence-electron chi connectivity index (χ3n) is 2.04. The molecular formula is C10H8N2O3. The van der Waals surface area contributed by atoms with Gasteiger partial charge in [0.2, 0.25) is 0 Å². The first-order chi connectivity index (χ1) is 7.18. The molecule has 0 aliphatic rings. The fraction of sp³-hybridized carbons (Fsp3) is 0. The van der Waals surface area contributed by atoms with Gasteiger partial charge in [-0.1, -0.05) is 18.2 Å². The van der Waals surface area contributed by atoms with Crippen LogP contribution >= 0.6 is 0 Å². The fourth-order valence-electron chi connectivity index (χ4n) is 1.38. The number of rotatable bonds is 2. The molecule has 3 N–H and O–H groups in total. The normalized spacial score (nSPS) is 10.1. The molecule has 2 aromatic rings. The second kappa shape index (κ2) is 3.45. The van der Waals surface area contributed by atoms with Crippen LogP contribution in [0, 0.1) is 0 Å². The van der Waals surface area contributed by atoms with Crippen molar-refractivity contribution < 1.29 is 9.90 Å². The summed E-state index contributed by atoms with van der Waals surface area (Å²) in [6, 6.07) is 7.80. The zero-order chi connectivity index (χ0) is 10.8. The molecule has 1 aromatic heterocycles. The summed E-state index contributed by atoms with van der Waals surface area (Å²) in [7, 11) is 0. The van der Waals surface area contributed by atoms with Crippen LogP contribution in [0.25, 0.3) is 11.3 Å². The smallest absolute Gasteiger partial charge is 0.336 e. The molecule has 0 saturated carbocycles. The maximum atomic E-state index is 10.9. The molecule has 2 rings (SSSR count). The molecule has 0 saturated heterocycles. The van der Waals surface area contributed by atoms with Crippen LogP contribution in [0.4, 0.5) is 0 Å². The van der Waals surface area contributed by atoms with Gasteiger partial charge in [0.1, 0.15) is 0 Å². The number of aromatic nitrogens is 2. The van der Waals surface area contributed by atoms with Gasteiger partial charge in [-0.05, 0) is 6.07 Å². The Morgan fingerprint density at radius 3 is 2.53 bits per heavy atom. The molecule has 0 aliphatic heterocycles. The van der Waals surface area contributed by atoms with Crippen molar-refractivity contribution in [2.45, 2.75) is 0 Å². The summed E-state index contributed by atoms with van der Waals surface area (Å²) in [5.74, 6) is -1.02. The SMILES string of the molecule is O=C(O)c1ccccc1-c1cc(=O)[nH][nH]1. The lowest BCUT2D eigenvalue weighted by Crippen LogP contribution is -1.99. The number of benzene rings is 1. The van der Waals surface area contributed by atoms with E-state index in [4.69, 9.17) is 5.11 Å². The van der Waals surface area contributed by atoms with Gasteiger partial charge in [-0.15, -0.1) is 0 Å². The van der Waals surface area contributed by atoms with Crippen LogP contribution in [-0.4, -0.2) is 21.3 Å². The van der Waals surface area contributed by atoms with Crippen molar-refractivity contribution >= 4 is 5.97 Å². The Labute approximate surface area is 84.4 Å². The maximum Gasteiger partial charge on any atom is 0.336 e. The summed E-state index contributed by atoms with van der Waals surface area (Å²) in [6.07, 6.45) is 0. The van der Waals surface area contributed by atoms with Crippen molar-refractivity contribution in [1.29, 1.82) is 0 Å². The molecule has 0 aliphatic carbocycles. The molecule has 15 heavy (non-hydrogen) atoms. The third kappa shape index (κ3) is 1.67. The van der Waals surface area contributed by atoms with E-state index in [0.29, 0.717) is 11.3 Å². The minimum absolute atomic E-state index is 0.160. The first-order valence-corrected chi connectivity index (χ1v) is 4.29. The third-order valence-corrected chi connectivity index (χ3v) is 2.04. The molecular weight excluding hydrogens is 196 g/mol. The van der Waals surface area contributed by atoms with E-state index in [1.807, 2.05) is 0 Å². The average molecular weight is 204 g/mol. The standard InChI is InChI=1S/C10H8N2O3/c13-9-5-8(11-12-9)6-3-1-2-4-7(6)10(14)15/h1-5H,(H,14,15)(H2,11,12,13). The minimum Gasteiger partial charge on any atom is -0.478 e. The summed E-state index contributed by atoms with van der Waals surface area (Å²) >= 11 is 0. The number of carboxylic acid groups (broad SMARTS) is 1. The average Bonchev–Trinajstić information content (AvgIpc) is 2.65. The molecule has 1 aromatic carbocycles. The van der Waals surface area contributed by atoms with Crippen LogP contribution in [0.5, 0.6) is 0 Å². The molecule has 76 valence electrons. The quantitative estimate of drug-likeness (QED) is 0.683. The maximum absolute atomic E-state index is 10.9. The van der Waals surface area contributed by atoms with Gasteiger partial charge in [0.15, 0.2) is 0 Å². The number of carbonyl (C=O) groups is 1. The molecule has 0 bridgehead atoms. The van der Waals surface area contributed by atoms with Crippen LogP contribution in [-0.2, 0) is 0 Å². The van der Waals surface area contributed by atoms with Crippen molar-refractivity contribution in [2.75, 3.05) is 0 Å². The fourth-order valence-corrected chi connectivity index (χ4v) is 1.38. The molecule has 0 spiro atoms. The van der Waals surface area contributed by atoms with Crippen LogP contribution in [0.3, 0.4) is 0 Å². The van der Waals surface area contributed by atoms with Crippen LogP contribution < -0.4 is 5.56 Å². The summed E-state index contributed by atoms with van der Waals surface area (Å²) < 4.78 is 0. The number of aromatic carboxylic acids is 1. The Hall–Kier alpha value is -2.30. The van der Waals surface area contributed by atoms with Gasteiger partial charge in [-0.25, -0.2) is 4.79 Å². The molecule has 0 unspecified atom stereocenters. The zero-order valence-corrected chi connectivity index (χ0v) is 7.65. The topological polar surface area (TPSA) is 85.9 Å².